The van der Waals surface area contributed by atoms with Crippen LogP contribution in [0.25, 0.3) is 11.0 Å². The van der Waals surface area contributed by atoms with Crippen molar-refractivity contribution in [2.24, 2.45) is 0 Å². The standard InChI is InChI=1S/C12H14N2O2.C8H8N2O/c1-2-3-8-16-11-5-4-9-12(14-11)10(15)6-7-13-9;11-7-3-5-9-6-2-1-4-10-8(6)7/h4-7H,2-3,8H2,1H3,(H,13,15);1-2,4,9H,3,5H2. The topological polar surface area (TPSA) is 97.0 Å². The Morgan fingerprint density at radius 3 is 2.89 bits per heavy atom. The molecule has 1 aliphatic heterocycles. The summed E-state index contributed by atoms with van der Waals surface area (Å²) in [7, 11) is 0. The second kappa shape index (κ2) is 8.93. The molecule has 0 bridgehead atoms. The monoisotopic (exact) mass is 366 g/mol. The van der Waals surface area contributed by atoms with E-state index in [0.29, 0.717) is 30.1 Å². The van der Waals surface area contributed by atoms with Crippen LogP contribution in [-0.2, 0) is 0 Å². The first-order valence-corrected chi connectivity index (χ1v) is 9.02. The number of hydrogen-bond acceptors (Lipinski definition) is 6. The molecule has 140 valence electrons. The van der Waals surface area contributed by atoms with Crippen LogP contribution in [0.15, 0.2) is 47.5 Å². The molecule has 3 aromatic heterocycles. The highest BCUT2D eigenvalue weighted by molar-refractivity contribution is 6.01. The van der Waals surface area contributed by atoms with Crippen LogP contribution in [0.2, 0.25) is 0 Å². The van der Waals surface area contributed by atoms with Crippen LogP contribution in [0.4, 0.5) is 5.69 Å². The molecular formula is C20H22N4O3. The lowest BCUT2D eigenvalue weighted by molar-refractivity contribution is 0.0979. The molecule has 1 aliphatic rings. The van der Waals surface area contributed by atoms with Crippen LogP contribution in [0.5, 0.6) is 5.88 Å². The molecule has 0 spiro atoms. The Morgan fingerprint density at radius 1 is 1.19 bits per heavy atom. The van der Waals surface area contributed by atoms with Crippen LogP contribution in [-0.4, -0.2) is 33.9 Å². The van der Waals surface area contributed by atoms with Gasteiger partial charge in [0, 0.05) is 37.5 Å². The van der Waals surface area contributed by atoms with E-state index in [1.807, 2.05) is 18.2 Å². The highest BCUT2D eigenvalue weighted by Gasteiger charge is 2.16. The Balaban J connectivity index is 0.000000166. The van der Waals surface area contributed by atoms with Crippen LogP contribution in [0.1, 0.15) is 36.7 Å². The maximum Gasteiger partial charge on any atom is 0.214 e. The number of anilines is 1. The number of nitrogens with one attached hydrogen (secondary N) is 2. The van der Waals surface area contributed by atoms with Gasteiger partial charge in [-0.2, -0.15) is 0 Å². The van der Waals surface area contributed by atoms with Gasteiger partial charge in [-0.3, -0.25) is 14.6 Å². The average Bonchev–Trinajstić information content (AvgIpc) is 2.70. The van der Waals surface area contributed by atoms with Gasteiger partial charge in [0.2, 0.25) is 11.3 Å². The van der Waals surface area contributed by atoms with Gasteiger partial charge in [0.05, 0.1) is 17.8 Å². The van der Waals surface area contributed by atoms with Crippen molar-refractivity contribution < 1.29 is 9.53 Å². The Hall–Kier alpha value is -3.22. The second-order valence-electron chi connectivity index (χ2n) is 6.09. The van der Waals surface area contributed by atoms with E-state index in [0.717, 1.165) is 30.6 Å². The molecule has 0 saturated heterocycles. The van der Waals surface area contributed by atoms with Crippen molar-refractivity contribution in [3.05, 3.63) is 58.6 Å². The zero-order valence-corrected chi connectivity index (χ0v) is 15.2. The zero-order chi connectivity index (χ0) is 19.1. The maximum absolute atomic E-state index is 11.5. The Kier molecular flexibility index (Phi) is 6.14. The SMILES string of the molecule is CCCCOc1ccc2[nH]ccc(=O)c2n1.O=C1CCNc2cccnc21. The summed E-state index contributed by atoms with van der Waals surface area (Å²) in [5.74, 6) is 0.650. The number of rotatable bonds is 4. The van der Waals surface area contributed by atoms with Gasteiger partial charge in [-0.05, 0) is 24.6 Å². The van der Waals surface area contributed by atoms with E-state index in [2.05, 4.69) is 27.2 Å². The molecule has 0 saturated carbocycles. The lowest BCUT2D eigenvalue weighted by Gasteiger charge is -2.14. The van der Waals surface area contributed by atoms with Crippen molar-refractivity contribution in [3.63, 3.8) is 0 Å². The van der Waals surface area contributed by atoms with Crippen molar-refractivity contribution in [2.75, 3.05) is 18.5 Å². The van der Waals surface area contributed by atoms with Crippen LogP contribution >= 0.6 is 0 Å². The number of H-pyrrole nitrogens is 1. The first kappa shape index (κ1) is 18.6. The molecule has 0 amide bonds. The summed E-state index contributed by atoms with van der Waals surface area (Å²) in [4.78, 5) is 33.8. The number of carbonyl (C=O) groups excluding carboxylic acids is 1. The van der Waals surface area contributed by atoms with Crippen molar-refractivity contribution in [2.45, 2.75) is 26.2 Å². The minimum Gasteiger partial charge on any atom is -0.478 e. The number of aromatic amines is 1. The highest BCUT2D eigenvalue weighted by Crippen LogP contribution is 2.17. The number of fused-ring (bicyclic) bond motifs is 2. The van der Waals surface area contributed by atoms with E-state index >= 15 is 0 Å². The summed E-state index contributed by atoms with van der Waals surface area (Å²) in [6.45, 7) is 3.47. The normalized spacial score (nSPS) is 12.6. The minimum absolute atomic E-state index is 0.0882. The van der Waals surface area contributed by atoms with Crippen molar-refractivity contribution in [3.8, 4) is 5.88 Å². The lowest BCUT2D eigenvalue weighted by Crippen LogP contribution is -2.18. The molecule has 0 unspecified atom stereocenters. The fraction of sp³-hybridized carbons (Fsp3) is 0.300. The van der Waals surface area contributed by atoms with Gasteiger partial charge in [-0.25, -0.2) is 4.98 Å². The first-order valence-electron chi connectivity index (χ1n) is 9.02. The summed E-state index contributed by atoms with van der Waals surface area (Å²) in [5.41, 5.74) is 2.52. The van der Waals surface area contributed by atoms with Gasteiger partial charge < -0.3 is 15.0 Å². The zero-order valence-electron chi connectivity index (χ0n) is 15.2. The van der Waals surface area contributed by atoms with E-state index in [9.17, 15) is 9.59 Å². The summed E-state index contributed by atoms with van der Waals surface area (Å²) in [6.07, 6.45) is 5.89. The molecule has 0 aliphatic carbocycles. The molecule has 7 heteroatoms. The number of ether oxygens (including phenoxy) is 1. The molecule has 0 atom stereocenters. The quantitative estimate of drug-likeness (QED) is 0.688. The fourth-order valence-corrected chi connectivity index (χ4v) is 2.63. The second-order valence-corrected chi connectivity index (χ2v) is 6.09. The lowest BCUT2D eigenvalue weighted by atomic mass is 10.1. The third-order valence-electron chi connectivity index (χ3n) is 4.06. The molecule has 4 rings (SSSR count). The molecule has 0 fully saturated rings. The summed E-state index contributed by atoms with van der Waals surface area (Å²) in [6, 6.07) is 8.74. The molecule has 27 heavy (non-hydrogen) atoms. The Labute approximate surface area is 156 Å². The number of aromatic nitrogens is 3. The van der Waals surface area contributed by atoms with Gasteiger partial charge in [0.15, 0.2) is 5.78 Å². The third kappa shape index (κ3) is 4.69. The van der Waals surface area contributed by atoms with E-state index < -0.39 is 0 Å². The van der Waals surface area contributed by atoms with Gasteiger partial charge in [0.25, 0.3) is 0 Å². The fourth-order valence-electron chi connectivity index (χ4n) is 2.63. The predicted octanol–water partition coefficient (Wildman–Crippen LogP) is 3.18. The molecular weight excluding hydrogens is 344 g/mol. The van der Waals surface area contributed by atoms with Gasteiger partial charge in [-0.1, -0.05) is 13.3 Å². The molecule has 7 nitrogen and oxygen atoms in total. The van der Waals surface area contributed by atoms with Crippen LogP contribution < -0.4 is 15.5 Å². The van der Waals surface area contributed by atoms with Gasteiger partial charge in [0.1, 0.15) is 11.2 Å². The minimum atomic E-state index is -0.0882. The summed E-state index contributed by atoms with van der Waals surface area (Å²) in [5, 5.41) is 3.11. The van der Waals surface area contributed by atoms with E-state index in [1.54, 1.807) is 18.5 Å². The molecule has 0 aromatic carbocycles. The van der Waals surface area contributed by atoms with Crippen LogP contribution in [0.3, 0.4) is 0 Å². The number of Topliss-reactive ketones (excluding diaryl/α,β-unsaturated/α-hetero) is 1. The molecule has 2 N–H and O–H groups in total. The number of nitrogens with zero attached hydrogens (tertiary/aromatic N) is 2. The predicted molar refractivity (Wildman–Crippen MR) is 104 cm³/mol. The van der Waals surface area contributed by atoms with Crippen molar-refractivity contribution in [1.82, 2.24) is 15.0 Å². The summed E-state index contributed by atoms with van der Waals surface area (Å²) >= 11 is 0. The first-order chi connectivity index (χ1) is 13.2. The highest BCUT2D eigenvalue weighted by atomic mass is 16.5. The van der Waals surface area contributed by atoms with Crippen LogP contribution in [0, 0.1) is 0 Å². The third-order valence-corrected chi connectivity index (χ3v) is 4.06. The smallest absolute Gasteiger partial charge is 0.214 e. The Morgan fingerprint density at radius 2 is 2.07 bits per heavy atom. The van der Waals surface area contributed by atoms with E-state index in [-0.39, 0.29) is 11.2 Å². The molecule has 0 radical (unpaired) electrons. The number of unbranched alkanes of at least 4 members (excludes halogenated alkanes) is 1. The number of ketones is 1. The molecule has 3 aromatic rings. The average molecular weight is 366 g/mol. The summed E-state index contributed by atoms with van der Waals surface area (Å²) < 4.78 is 5.45. The number of pyridine rings is 3. The number of hydrogen-bond donors (Lipinski definition) is 2. The number of carbonyl (C=O) groups is 1. The van der Waals surface area contributed by atoms with Crippen molar-refractivity contribution >= 4 is 22.5 Å². The maximum atomic E-state index is 11.5. The van der Waals surface area contributed by atoms with Crippen molar-refractivity contribution in [1.29, 1.82) is 0 Å². The van der Waals surface area contributed by atoms with E-state index in [4.69, 9.17) is 4.74 Å². The molecule has 4 heterocycles. The van der Waals surface area contributed by atoms with Gasteiger partial charge >= 0.3 is 0 Å². The largest absolute Gasteiger partial charge is 0.478 e. The Bertz CT molecular complexity index is 984. The van der Waals surface area contributed by atoms with Gasteiger partial charge in [-0.15, -0.1) is 0 Å². The van der Waals surface area contributed by atoms with E-state index in [1.165, 1.54) is 6.07 Å².